The van der Waals surface area contributed by atoms with E-state index in [0.29, 0.717) is 18.8 Å². The molecule has 3 rings (SSSR count). The number of hydrogen-bond donors (Lipinski definition) is 0. The topological polar surface area (TPSA) is 58.4 Å². The fourth-order valence-electron chi connectivity index (χ4n) is 2.82. The van der Waals surface area contributed by atoms with Crippen LogP contribution in [-0.4, -0.2) is 57.6 Å². The van der Waals surface area contributed by atoms with E-state index >= 15 is 0 Å². The fourth-order valence-corrected chi connectivity index (χ4v) is 2.82. The zero-order chi connectivity index (χ0) is 17.8. The van der Waals surface area contributed by atoms with Gasteiger partial charge in [-0.1, -0.05) is 18.1 Å². The third-order valence-corrected chi connectivity index (χ3v) is 4.32. The van der Waals surface area contributed by atoms with Gasteiger partial charge in [0.25, 0.3) is 0 Å². The summed E-state index contributed by atoms with van der Waals surface area (Å²) < 4.78 is 1.24. The van der Waals surface area contributed by atoms with E-state index in [1.54, 1.807) is 17.2 Å². The van der Waals surface area contributed by atoms with Crippen LogP contribution in [0.5, 0.6) is 0 Å². The minimum atomic E-state index is -0.189. The summed E-state index contributed by atoms with van der Waals surface area (Å²) in [7, 11) is 0. The summed E-state index contributed by atoms with van der Waals surface area (Å²) in [6.45, 7) is 5.13. The average molecular weight is 336 g/mol. The SMILES string of the molecule is C#Cc1ccc(CN2CCN(C(=O)n3ccc(C(C)=O)n3)CC2)cc1. The molecule has 25 heavy (non-hydrogen) atoms. The van der Waals surface area contributed by atoms with Crippen molar-refractivity contribution < 1.29 is 9.59 Å². The molecule has 0 spiro atoms. The third kappa shape index (κ3) is 3.95. The Morgan fingerprint density at radius 1 is 1.12 bits per heavy atom. The summed E-state index contributed by atoms with van der Waals surface area (Å²) >= 11 is 0. The van der Waals surface area contributed by atoms with Gasteiger partial charge in [-0.15, -0.1) is 6.42 Å². The summed E-state index contributed by atoms with van der Waals surface area (Å²) in [5.74, 6) is 2.47. The van der Waals surface area contributed by atoms with Crippen molar-refractivity contribution in [2.75, 3.05) is 26.2 Å². The van der Waals surface area contributed by atoms with Crippen LogP contribution < -0.4 is 0 Å². The predicted molar refractivity (Wildman–Crippen MR) is 94.3 cm³/mol. The van der Waals surface area contributed by atoms with Gasteiger partial charge in [0.2, 0.25) is 0 Å². The number of ketones is 1. The highest BCUT2D eigenvalue weighted by Gasteiger charge is 2.23. The number of rotatable bonds is 3. The van der Waals surface area contributed by atoms with Gasteiger partial charge in [-0.05, 0) is 23.8 Å². The quantitative estimate of drug-likeness (QED) is 0.634. The van der Waals surface area contributed by atoms with Gasteiger partial charge in [0.05, 0.1) is 0 Å². The highest BCUT2D eigenvalue weighted by atomic mass is 16.2. The highest BCUT2D eigenvalue weighted by Crippen LogP contribution is 2.11. The molecule has 0 aliphatic carbocycles. The number of Topliss-reactive ketones (excluding diaryl/α,β-unsaturated/α-hetero) is 1. The number of carbonyl (C=O) groups excluding carboxylic acids is 2. The number of piperazine rings is 1. The van der Waals surface area contributed by atoms with Crippen LogP contribution in [0.3, 0.4) is 0 Å². The number of amides is 1. The lowest BCUT2D eigenvalue weighted by atomic mass is 10.1. The molecule has 6 heteroatoms. The van der Waals surface area contributed by atoms with Crippen molar-refractivity contribution in [3.63, 3.8) is 0 Å². The van der Waals surface area contributed by atoms with Crippen LogP contribution in [0.1, 0.15) is 28.5 Å². The van der Waals surface area contributed by atoms with Crippen molar-refractivity contribution in [3.8, 4) is 12.3 Å². The normalized spacial score (nSPS) is 15.0. The molecular formula is C19H20N4O2. The van der Waals surface area contributed by atoms with Gasteiger partial charge in [-0.25, -0.2) is 4.79 Å². The Hall–Kier alpha value is -2.91. The lowest BCUT2D eigenvalue weighted by molar-refractivity contribution is 0.101. The Morgan fingerprint density at radius 3 is 2.36 bits per heavy atom. The molecule has 0 unspecified atom stereocenters. The molecule has 1 aliphatic rings. The van der Waals surface area contributed by atoms with Crippen molar-refractivity contribution in [2.45, 2.75) is 13.5 Å². The summed E-state index contributed by atoms with van der Waals surface area (Å²) in [6, 6.07) is 9.35. The lowest BCUT2D eigenvalue weighted by Gasteiger charge is -2.34. The maximum absolute atomic E-state index is 12.4. The van der Waals surface area contributed by atoms with Gasteiger partial charge in [-0.3, -0.25) is 9.69 Å². The summed E-state index contributed by atoms with van der Waals surface area (Å²) in [5, 5.41) is 4.03. The molecule has 0 bridgehead atoms. The van der Waals surface area contributed by atoms with Crippen LogP contribution in [-0.2, 0) is 6.54 Å². The van der Waals surface area contributed by atoms with E-state index in [1.807, 2.05) is 24.3 Å². The molecule has 1 aromatic carbocycles. The van der Waals surface area contributed by atoms with Crippen LogP contribution in [0.4, 0.5) is 4.79 Å². The fraction of sp³-hybridized carbons (Fsp3) is 0.316. The first-order valence-electron chi connectivity index (χ1n) is 8.20. The highest BCUT2D eigenvalue weighted by molar-refractivity contribution is 5.92. The molecule has 6 nitrogen and oxygen atoms in total. The van der Waals surface area contributed by atoms with E-state index in [9.17, 15) is 9.59 Å². The molecule has 1 aliphatic heterocycles. The van der Waals surface area contributed by atoms with Crippen LogP contribution >= 0.6 is 0 Å². The minimum absolute atomic E-state index is 0.146. The maximum Gasteiger partial charge on any atom is 0.344 e. The Balaban J connectivity index is 1.54. The molecule has 0 radical (unpaired) electrons. The molecule has 1 aromatic heterocycles. The number of carbonyl (C=O) groups is 2. The second-order valence-corrected chi connectivity index (χ2v) is 6.09. The Morgan fingerprint density at radius 2 is 1.80 bits per heavy atom. The third-order valence-electron chi connectivity index (χ3n) is 4.32. The number of aromatic nitrogens is 2. The minimum Gasteiger partial charge on any atom is -0.320 e. The van der Waals surface area contributed by atoms with Crippen LogP contribution in [0.2, 0.25) is 0 Å². The number of benzene rings is 1. The first-order chi connectivity index (χ1) is 12.1. The van der Waals surface area contributed by atoms with E-state index in [0.717, 1.165) is 25.2 Å². The Kier molecular flexibility index (Phi) is 4.96. The van der Waals surface area contributed by atoms with E-state index in [2.05, 4.69) is 15.9 Å². The molecule has 0 saturated carbocycles. The maximum atomic E-state index is 12.4. The van der Waals surface area contributed by atoms with Gasteiger partial charge in [0, 0.05) is 51.4 Å². The smallest absolute Gasteiger partial charge is 0.320 e. The van der Waals surface area contributed by atoms with Crippen molar-refractivity contribution >= 4 is 11.8 Å². The molecule has 1 amide bonds. The van der Waals surface area contributed by atoms with Crippen molar-refractivity contribution in [2.24, 2.45) is 0 Å². The molecule has 0 N–H and O–H groups in total. The zero-order valence-electron chi connectivity index (χ0n) is 14.2. The van der Waals surface area contributed by atoms with Crippen LogP contribution in [0.15, 0.2) is 36.5 Å². The second-order valence-electron chi connectivity index (χ2n) is 6.09. The zero-order valence-corrected chi connectivity index (χ0v) is 14.2. The van der Waals surface area contributed by atoms with E-state index < -0.39 is 0 Å². The molecular weight excluding hydrogens is 316 g/mol. The van der Waals surface area contributed by atoms with Gasteiger partial charge in [-0.2, -0.15) is 9.78 Å². The van der Waals surface area contributed by atoms with Crippen LogP contribution in [0, 0.1) is 12.3 Å². The molecule has 2 aromatic rings. The average Bonchev–Trinajstić information content (AvgIpc) is 3.13. The predicted octanol–water partition coefficient (Wildman–Crippen LogP) is 1.85. The van der Waals surface area contributed by atoms with E-state index in [-0.39, 0.29) is 11.8 Å². The van der Waals surface area contributed by atoms with Gasteiger partial charge in [0.15, 0.2) is 5.78 Å². The van der Waals surface area contributed by atoms with E-state index in [4.69, 9.17) is 6.42 Å². The van der Waals surface area contributed by atoms with Gasteiger partial charge >= 0.3 is 6.03 Å². The van der Waals surface area contributed by atoms with Crippen molar-refractivity contribution in [3.05, 3.63) is 53.3 Å². The van der Waals surface area contributed by atoms with Crippen molar-refractivity contribution in [1.82, 2.24) is 19.6 Å². The first-order valence-corrected chi connectivity index (χ1v) is 8.20. The molecule has 1 fully saturated rings. The van der Waals surface area contributed by atoms with Gasteiger partial charge < -0.3 is 4.90 Å². The Labute approximate surface area is 147 Å². The second kappa shape index (κ2) is 7.32. The largest absolute Gasteiger partial charge is 0.344 e. The Bertz CT molecular complexity index is 809. The number of nitrogens with zero attached hydrogens (tertiary/aromatic N) is 4. The molecule has 2 heterocycles. The van der Waals surface area contributed by atoms with Crippen LogP contribution in [0.25, 0.3) is 0 Å². The summed E-state index contributed by atoms with van der Waals surface area (Å²) in [5.41, 5.74) is 2.39. The summed E-state index contributed by atoms with van der Waals surface area (Å²) in [6.07, 6.45) is 6.91. The first kappa shape index (κ1) is 16.9. The molecule has 1 saturated heterocycles. The number of terminal acetylenes is 1. The van der Waals surface area contributed by atoms with E-state index in [1.165, 1.54) is 17.2 Å². The molecule has 128 valence electrons. The van der Waals surface area contributed by atoms with Gasteiger partial charge in [0.1, 0.15) is 5.69 Å². The molecule has 0 atom stereocenters. The van der Waals surface area contributed by atoms with Crippen molar-refractivity contribution in [1.29, 1.82) is 0 Å². The summed E-state index contributed by atoms with van der Waals surface area (Å²) in [4.78, 5) is 27.8. The lowest BCUT2D eigenvalue weighted by Crippen LogP contribution is -2.49. The standard InChI is InChI=1S/C19H20N4O2/c1-3-16-4-6-17(7-5-16)14-21-10-12-22(13-11-21)19(25)23-9-8-18(20-23)15(2)24/h1,4-9H,10-14H2,2H3. The number of hydrogen-bond acceptors (Lipinski definition) is 4. The monoisotopic (exact) mass is 336 g/mol.